The summed E-state index contributed by atoms with van der Waals surface area (Å²) in [6.45, 7) is 0. The average molecular weight is 362 g/mol. The summed E-state index contributed by atoms with van der Waals surface area (Å²) >= 11 is 2.96. The number of rotatable bonds is 5. The summed E-state index contributed by atoms with van der Waals surface area (Å²) in [6.07, 6.45) is 9.22. The second-order valence-electron chi connectivity index (χ2n) is 5.51. The summed E-state index contributed by atoms with van der Waals surface area (Å²) in [4.78, 5) is 33.1. The standard InChI is InChI=1S/C16H18N4O2S2/c1-23-12-9-18-16(24-12)20-15(22)19-14-11(7-4-8-17-14)13(21)10-5-2-3-6-10/h4,7-10H,2-3,5-6H2,1H3,(H2,17,18,19,20,22). The molecule has 0 radical (unpaired) electrons. The van der Waals surface area contributed by atoms with E-state index in [9.17, 15) is 9.59 Å². The highest BCUT2D eigenvalue weighted by atomic mass is 32.2. The lowest BCUT2D eigenvalue weighted by Gasteiger charge is -2.12. The Bertz CT molecular complexity index is 741. The maximum Gasteiger partial charge on any atom is 0.326 e. The van der Waals surface area contributed by atoms with E-state index >= 15 is 0 Å². The van der Waals surface area contributed by atoms with Crippen LogP contribution in [-0.2, 0) is 0 Å². The molecule has 1 aliphatic rings. The lowest BCUT2D eigenvalue weighted by molar-refractivity contribution is 0.0923. The number of carbonyl (C=O) groups excluding carboxylic acids is 2. The lowest BCUT2D eigenvalue weighted by atomic mass is 9.97. The van der Waals surface area contributed by atoms with Crippen LogP contribution in [0.4, 0.5) is 15.7 Å². The van der Waals surface area contributed by atoms with Crippen LogP contribution in [0.25, 0.3) is 0 Å². The van der Waals surface area contributed by atoms with Gasteiger partial charge in [0.05, 0.1) is 16.0 Å². The zero-order valence-electron chi connectivity index (χ0n) is 13.2. The van der Waals surface area contributed by atoms with Crippen molar-refractivity contribution in [3.05, 3.63) is 30.1 Å². The summed E-state index contributed by atoms with van der Waals surface area (Å²) in [6, 6.07) is 2.99. The van der Waals surface area contributed by atoms with Crippen LogP contribution in [0.15, 0.2) is 28.7 Å². The van der Waals surface area contributed by atoms with Gasteiger partial charge in [-0.25, -0.2) is 14.8 Å². The molecule has 0 unspecified atom stereocenters. The second-order valence-corrected chi connectivity index (χ2v) is 7.65. The number of pyridine rings is 1. The van der Waals surface area contributed by atoms with E-state index < -0.39 is 6.03 Å². The van der Waals surface area contributed by atoms with Crippen LogP contribution in [-0.4, -0.2) is 28.0 Å². The quantitative estimate of drug-likeness (QED) is 0.613. The third kappa shape index (κ3) is 3.93. The number of aromatic nitrogens is 2. The van der Waals surface area contributed by atoms with Gasteiger partial charge in [0.1, 0.15) is 5.82 Å². The van der Waals surface area contributed by atoms with E-state index in [0.29, 0.717) is 16.5 Å². The molecule has 0 spiro atoms. The third-order valence-electron chi connectivity index (χ3n) is 3.94. The van der Waals surface area contributed by atoms with Gasteiger partial charge in [-0.05, 0) is 31.2 Å². The number of ketones is 1. The van der Waals surface area contributed by atoms with E-state index in [1.165, 1.54) is 11.3 Å². The first-order chi connectivity index (χ1) is 11.7. The molecule has 8 heteroatoms. The van der Waals surface area contributed by atoms with Crippen molar-refractivity contribution in [2.24, 2.45) is 5.92 Å². The molecular formula is C16H18N4O2S2. The van der Waals surface area contributed by atoms with Gasteiger partial charge in [-0.1, -0.05) is 24.2 Å². The Morgan fingerprint density at radius 2 is 2.04 bits per heavy atom. The highest BCUT2D eigenvalue weighted by Crippen LogP contribution is 2.30. The summed E-state index contributed by atoms with van der Waals surface area (Å²) in [5, 5.41) is 5.85. The molecule has 126 valence electrons. The van der Waals surface area contributed by atoms with Crippen molar-refractivity contribution in [2.75, 3.05) is 16.9 Å². The molecule has 2 amide bonds. The average Bonchev–Trinajstić information content (AvgIpc) is 3.26. The maximum absolute atomic E-state index is 12.6. The molecule has 2 N–H and O–H groups in total. The monoisotopic (exact) mass is 362 g/mol. The fraction of sp³-hybridized carbons (Fsp3) is 0.375. The topological polar surface area (TPSA) is 84.0 Å². The molecule has 2 aromatic rings. The number of thiazole rings is 1. The lowest BCUT2D eigenvalue weighted by Crippen LogP contribution is -2.23. The minimum absolute atomic E-state index is 0.0425. The second kappa shape index (κ2) is 7.76. The summed E-state index contributed by atoms with van der Waals surface area (Å²) < 4.78 is 1.01. The zero-order chi connectivity index (χ0) is 16.9. The third-order valence-corrected chi connectivity index (χ3v) is 5.90. The van der Waals surface area contributed by atoms with Crippen LogP contribution in [0.5, 0.6) is 0 Å². The number of nitrogens with one attached hydrogen (secondary N) is 2. The molecule has 1 fully saturated rings. The Labute approximate surface area is 148 Å². The van der Waals surface area contributed by atoms with E-state index in [1.54, 1.807) is 36.3 Å². The normalized spacial score (nSPS) is 14.5. The van der Waals surface area contributed by atoms with Crippen LogP contribution in [0, 0.1) is 5.92 Å². The molecule has 0 bridgehead atoms. The molecule has 0 aromatic carbocycles. The van der Waals surface area contributed by atoms with Crippen LogP contribution in [0.3, 0.4) is 0 Å². The van der Waals surface area contributed by atoms with Crippen molar-refractivity contribution >= 4 is 45.9 Å². The van der Waals surface area contributed by atoms with E-state index in [4.69, 9.17) is 0 Å². The Morgan fingerprint density at radius 3 is 2.75 bits per heavy atom. The van der Waals surface area contributed by atoms with Gasteiger partial charge in [-0.15, -0.1) is 11.8 Å². The number of amides is 2. The smallest absolute Gasteiger partial charge is 0.294 e. The zero-order valence-corrected chi connectivity index (χ0v) is 14.9. The van der Waals surface area contributed by atoms with Crippen molar-refractivity contribution < 1.29 is 9.59 Å². The maximum atomic E-state index is 12.6. The molecule has 0 saturated heterocycles. The van der Waals surface area contributed by atoms with Crippen molar-refractivity contribution in [1.29, 1.82) is 0 Å². The fourth-order valence-electron chi connectivity index (χ4n) is 2.76. The highest BCUT2D eigenvalue weighted by molar-refractivity contribution is 8.00. The molecule has 0 aliphatic heterocycles. The van der Waals surface area contributed by atoms with E-state index in [-0.39, 0.29) is 11.7 Å². The van der Waals surface area contributed by atoms with Gasteiger partial charge in [0.2, 0.25) is 0 Å². The molecule has 2 aromatic heterocycles. The van der Waals surface area contributed by atoms with Gasteiger partial charge in [0.25, 0.3) is 0 Å². The number of anilines is 2. The molecular weight excluding hydrogens is 344 g/mol. The van der Waals surface area contributed by atoms with Crippen LogP contribution < -0.4 is 10.6 Å². The van der Waals surface area contributed by atoms with Crippen molar-refractivity contribution in [3.8, 4) is 0 Å². The van der Waals surface area contributed by atoms with Gasteiger partial charge in [0, 0.05) is 12.1 Å². The Morgan fingerprint density at radius 1 is 1.25 bits per heavy atom. The number of thioether (sulfide) groups is 1. The van der Waals surface area contributed by atoms with Gasteiger partial charge in [0.15, 0.2) is 10.9 Å². The predicted octanol–water partition coefficient (Wildman–Crippen LogP) is 4.28. The SMILES string of the molecule is CSc1cnc(NC(=O)Nc2ncccc2C(=O)C2CCCC2)s1. The number of urea groups is 1. The van der Waals surface area contributed by atoms with E-state index in [2.05, 4.69) is 20.6 Å². The molecule has 1 saturated carbocycles. The highest BCUT2D eigenvalue weighted by Gasteiger charge is 2.26. The van der Waals surface area contributed by atoms with Gasteiger partial charge < -0.3 is 0 Å². The van der Waals surface area contributed by atoms with E-state index in [1.807, 2.05) is 6.26 Å². The predicted molar refractivity (Wildman–Crippen MR) is 97.1 cm³/mol. The molecule has 0 atom stereocenters. The first-order valence-electron chi connectivity index (χ1n) is 7.74. The summed E-state index contributed by atoms with van der Waals surface area (Å²) in [5.74, 6) is 0.407. The number of carbonyl (C=O) groups is 2. The van der Waals surface area contributed by atoms with Gasteiger partial charge in [-0.3, -0.25) is 15.4 Å². The number of Topliss-reactive ketones (excluding diaryl/α,β-unsaturated/α-hetero) is 1. The van der Waals surface area contributed by atoms with Crippen molar-refractivity contribution in [1.82, 2.24) is 9.97 Å². The Balaban J connectivity index is 1.70. The molecule has 6 nitrogen and oxygen atoms in total. The fourth-order valence-corrected chi connectivity index (χ4v) is 4.03. The first-order valence-corrected chi connectivity index (χ1v) is 9.78. The first kappa shape index (κ1) is 16.9. The summed E-state index contributed by atoms with van der Waals surface area (Å²) in [7, 11) is 0. The molecule has 1 aliphatic carbocycles. The van der Waals surface area contributed by atoms with Crippen LogP contribution in [0.1, 0.15) is 36.0 Å². The van der Waals surface area contributed by atoms with E-state index in [0.717, 1.165) is 29.9 Å². The minimum Gasteiger partial charge on any atom is -0.294 e. The largest absolute Gasteiger partial charge is 0.326 e. The Hall–Kier alpha value is -1.93. The number of nitrogens with zero attached hydrogens (tertiary/aromatic N) is 2. The van der Waals surface area contributed by atoms with Crippen LogP contribution in [0.2, 0.25) is 0 Å². The Kier molecular flexibility index (Phi) is 5.47. The van der Waals surface area contributed by atoms with Crippen molar-refractivity contribution in [3.63, 3.8) is 0 Å². The number of hydrogen-bond donors (Lipinski definition) is 2. The van der Waals surface area contributed by atoms with Crippen LogP contribution >= 0.6 is 23.1 Å². The molecule has 2 heterocycles. The molecule has 3 rings (SSSR count). The minimum atomic E-state index is -0.448. The van der Waals surface area contributed by atoms with Crippen molar-refractivity contribution in [2.45, 2.75) is 29.9 Å². The van der Waals surface area contributed by atoms with Gasteiger partial charge in [-0.2, -0.15) is 0 Å². The van der Waals surface area contributed by atoms with Gasteiger partial charge >= 0.3 is 6.03 Å². The number of hydrogen-bond acceptors (Lipinski definition) is 6. The summed E-state index contributed by atoms with van der Waals surface area (Å²) in [5.41, 5.74) is 0.475. The molecule has 24 heavy (non-hydrogen) atoms.